The Hall–Kier alpha value is -2.03. The minimum atomic E-state index is -2.29. The van der Waals surface area contributed by atoms with E-state index < -0.39 is 52.0 Å². The van der Waals surface area contributed by atoms with Gasteiger partial charge in [0, 0.05) is 17.8 Å². The van der Waals surface area contributed by atoms with Gasteiger partial charge in [-0.3, -0.25) is 14.4 Å². The van der Waals surface area contributed by atoms with Crippen LogP contribution in [0.15, 0.2) is 23.3 Å². The number of Topliss-reactive ketones (excluding diaryl/α,β-unsaturated/α-hetero) is 1. The third kappa shape index (κ3) is 6.32. The summed E-state index contributed by atoms with van der Waals surface area (Å²) in [6, 6.07) is 0. The van der Waals surface area contributed by atoms with E-state index >= 15 is 0 Å². The van der Waals surface area contributed by atoms with Gasteiger partial charge in [0.1, 0.15) is 30.0 Å². The molecule has 0 aromatic carbocycles. The number of fused-ring (bicyclic) bond motifs is 1. The average Bonchev–Trinajstić information content (AvgIpc) is 3.12. The molecule has 8 nitrogen and oxygen atoms in total. The van der Waals surface area contributed by atoms with Gasteiger partial charge in [-0.1, -0.05) is 98.6 Å². The molecule has 1 spiro atoms. The minimum Gasteiger partial charge on any atom is -0.461 e. The summed E-state index contributed by atoms with van der Waals surface area (Å²) >= 11 is 0. The molecule has 8 atom stereocenters. The monoisotopic (exact) mass is 618 g/mol. The molecule has 1 saturated carbocycles. The third-order valence-corrected chi connectivity index (χ3v) is 11.4. The highest BCUT2D eigenvalue weighted by Crippen LogP contribution is 2.63. The Morgan fingerprint density at radius 3 is 2.18 bits per heavy atom. The van der Waals surface area contributed by atoms with E-state index in [1.807, 2.05) is 34.6 Å². The number of esters is 2. The van der Waals surface area contributed by atoms with Crippen molar-refractivity contribution < 1.29 is 39.2 Å². The zero-order chi connectivity index (χ0) is 33.1. The van der Waals surface area contributed by atoms with E-state index in [4.69, 9.17) is 9.47 Å². The zero-order valence-electron chi connectivity index (χ0n) is 28.4. The van der Waals surface area contributed by atoms with E-state index in [0.717, 1.165) is 25.7 Å². The molecule has 0 aromatic rings. The number of rotatable bonds is 14. The van der Waals surface area contributed by atoms with Gasteiger partial charge in [-0.2, -0.15) is 0 Å². The maximum Gasteiger partial charge on any atom is 0.308 e. The fourth-order valence-corrected chi connectivity index (χ4v) is 7.81. The first-order valence-corrected chi connectivity index (χ1v) is 17.0. The lowest BCUT2D eigenvalue weighted by atomic mass is 9.59. The molecule has 3 aliphatic rings. The summed E-state index contributed by atoms with van der Waals surface area (Å²) in [5.41, 5.74) is -5.49. The van der Waals surface area contributed by atoms with Gasteiger partial charge in [0.2, 0.25) is 0 Å². The number of allylic oxidation sites excluding steroid dienone is 1. The molecule has 0 aromatic heterocycles. The molecule has 44 heavy (non-hydrogen) atoms. The van der Waals surface area contributed by atoms with Crippen LogP contribution in [0.1, 0.15) is 126 Å². The molecule has 3 N–H and O–H groups in total. The smallest absolute Gasteiger partial charge is 0.308 e. The van der Waals surface area contributed by atoms with Crippen LogP contribution in [0.5, 0.6) is 0 Å². The Kier molecular flexibility index (Phi) is 11.7. The van der Waals surface area contributed by atoms with Crippen LogP contribution in [0.4, 0.5) is 0 Å². The topological polar surface area (TPSA) is 130 Å². The van der Waals surface area contributed by atoms with Crippen molar-refractivity contribution in [2.24, 2.45) is 28.6 Å². The van der Waals surface area contributed by atoms with Crippen LogP contribution in [0.2, 0.25) is 0 Å². The summed E-state index contributed by atoms with van der Waals surface area (Å²) in [6.45, 7) is 14.5. The summed E-state index contributed by atoms with van der Waals surface area (Å²) in [5, 5.41) is 35.5. The van der Waals surface area contributed by atoms with Gasteiger partial charge < -0.3 is 24.8 Å². The SMILES string of the molecule is CCCCCCCCCCC(=O)O[C@]1(C)C[C@@H](C)C23C=C(C)C(O)C2(O)C(O)C(COC(=O)C(C)CC)=CC(C3=O)C1(C)C. The molecule has 6 unspecified atom stereocenters. The van der Waals surface area contributed by atoms with Crippen molar-refractivity contribution in [1.82, 2.24) is 0 Å². The summed E-state index contributed by atoms with van der Waals surface area (Å²) in [5.74, 6) is -3.01. The predicted octanol–water partition coefficient (Wildman–Crippen LogP) is 6.00. The number of hydrogen-bond acceptors (Lipinski definition) is 8. The third-order valence-electron chi connectivity index (χ3n) is 11.4. The second kappa shape index (κ2) is 14.2. The van der Waals surface area contributed by atoms with Gasteiger partial charge in [0.05, 0.1) is 11.3 Å². The summed E-state index contributed by atoms with van der Waals surface area (Å²) in [6.07, 6.45) is 9.99. The molecule has 0 heterocycles. The van der Waals surface area contributed by atoms with E-state index in [1.165, 1.54) is 25.7 Å². The Bertz CT molecular complexity index is 1120. The number of aliphatic hydroxyl groups is 3. The van der Waals surface area contributed by atoms with Crippen molar-refractivity contribution in [3.8, 4) is 0 Å². The number of unbranched alkanes of at least 4 members (excludes halogenated alkanes) is 7. The van der Waals surface area contributed by atoms with Crippen LogP contribution >= 0.6 is 0 Å². The van der Waals surface area contributed by atoms with Gasteiger partial charge in [-0.25, -0.2) is 0 Å². The Morgan fingerprint density at radius 2 is 1.59 bits per heavy atom. The molecule has 0 radical (unpaired) electrons. The van der Waals surface area contributed by atoms with E-state index in [1.54, 1.807) is 26.0 Å². The molecule has 1 fully saturated rings. The molecular formula is C36H58O8. The quantitative estimate of drug-likeness (QED) is 0.123. The standard InChI is InChI=1S/C36H58O8/c1-9-11-12-13-14-15-16-17-18-28(37)44-34(8)21-25(5)35-20-24(4)29(38)36(35,42)30(39)26(22-43-32(41)23(3)10-2)19-27(31(35)40)33(34,6)7/h19-20,23,25,27,29-30,38-39,42H,9-18,21-22H2,1-8H3/t23?,25-,27?,29?,30?,34-,35?,36?/m1/s1. The fourth-order valence-electron chi connectivity index (χ4n) is 7.81. The maximum atomic E-state index is 14.7. The van der Waals surface area contributed by atoms with Crippen LogP contribution < -0.4 is 0 Å². The molecule has 3 rings (SSSR count). The first kappa shape index (κ1) is 36.4. The van der Waals surface area contributed by atoms with Crippen LogP contribution in [0.3, 0.4) is 0 Å². The lowest BCUT2D eigenvalue weighted by Crippen LogP contribution is -2.65. The zero-order valence-corrected chi connectivity index (χ0v) is 28.4. The Balaban J connectivity index is 1.95. The number of hydrogen-bond donors (Lipinski definition) is 3. The largest absolute Gasteiger partial charge is 0.461 e. The lowest BCUT2D eigenvalue weighted by Gasteiger charge is -2.48. The van der Waals surface area contributed by atoms with Crippen molar-refractivity contribution in [3.05, 3.63) is 23.3 Å². The highest BCUT2D eigenvalue weighted by Gasteiger charge is 2.73. The molecule has 0 amide bonds. The second-order valence-corrected chi connectivity index (χ2v) is 14.6. The number of ketones is 1. The molecule has 250 valence electrons. The fraction of sp³-hybridized carbons (Fsp3) is 0.806. The van der Waals surface area contributed by atoms with E-state index in [-0.39, 0.29) is 42.7 Å². The molecule has 0 aliphatic heterocycles. The second-order valence-electron chi connectivity index (χ2n) is 14.6. The first-order valence-electron chi connectivity index (χ1n) is 17.0. The molecular weight excluding hydrogens is 560 g/mol. The van der Waals surface area contributed by atoms with Gasteiger partial charge in [-0.05, 0) is 50.2 Å². The van der Waals surface area contributed by atoms with Crippen molar-refractivity contribution in [1.29, 1.82) is 0 Å². The number of carbonyl (C=O) groups excluding carboxylic acids is 3. The van der Waals surface area contributed by atoms with E-state index in [0.29, 0.717) is 12.0 Å². The minimum absolute atomic E-state index is 0.154. The Labute approximate surface area is 264 Å². The van der Waals surface area contributed by atoms with Crippen molar-refractivity contribution >= 4 is 17.7 Å². The lowest BCUT2D eigenvalue weighted by molar-refractivity contribution is -0.192. The van der Waals surface area contributed by atoms with Crippen molar-refractivity contribution in [2.45, 2.75) is 149 Å². The van der Waals surface area contributed by atoms with E-state index in [2.05, 4.69) is 6.92 Å². The van der Waals surface area contributed by atoms with Crippen LogP contribution in [0, 0.1) is 28.6 Å². The highest BCUT2D eigenvalue weighted by molar-refractivity contribution is 5.95. The highest BCUT2D eigenvalue weighted by atomic mass is 16.6. The van der Waals surface area contributed by atoms with Crippen molar-refractivity contribution in [3.63, 3.8) is 0 Å². The molecule has 0 saturated heterocycles. The molecule has 8 heteroatoms. The number of carbonyl (C=O) groups is 3. The number of aliphatic hydroxyl groups excluding tert-OH is 2. The van der Waals surface area contributed by atoms with Gasteiger partial charge >= 0.3 is 11.9 Å². The van der Waals surface area contributed by atoms with E-state index in [9.17, 15) is 29.7 Å². The molecule has 2 bridgehead atoms. The predicted molar refractivity (Wildman–Crippen MR) is 169 cm³/mol. The van der Waals surface area contributed by atoms with Crippen LogP contribution in [-0.4, -0.2) is 63.1 Å². The summed E-state index contributed by atoms with van der Waals surface area (Å²) in [4.78, 5) is 40.6. The summed E-state index contributed by atoms with van der Waals surface area (Å²) < 4.78 is 11.9. The van der Waals surface area contributed by atoms with Crippen LogP contribution in [0.25, 0.3) is 0 Å². The normalized spacial score (nSPS) is 35.1. The first-order chi connectivity index (χ1) is 20.5. The molecule has 3 aliphatic carbocycles. The van der Waals surface area contributed by atoms with Gasteiger partial charge in [0.15, 0.2) is 5.78 Å². The van der Waals surface area contributed by atoms with Crippen molar-refractivity contribution in [2.75, 3.05) is 6.61 Å². The van der Waals surface area contributed by atoms with Gasteiger partial charge in [0.25, 0.3) is 0 Å². The number of ether oxygens (including phenoxy) is 2. The maximum absolute atomic E-state index is 14.7. The Morgan fingerprint density at radius 1 is 1.00 bits per heavy atom. The van der Waals surface area contributed by atoms with Crippen LogP contribution in [-0.2, 0) is 23.9 Å². The average molecular weight is 619 g/mol. The summed E-state index contributed by atoms with van der Waals surface area (Å²) in [7, 11) is 0. The van der Waals surface area contributed by atoms with Gasteiger partial charge in [-0.15, -0.1) is 0 Å².